The Bertz CT molecular complexity index is 833. The summed E-state index contributed by atoms with van der Waals surface area (Å²) < 4.78 is 12.9. The van der Waals surface area contributed by atoms with Crippen LogP contribution in [0.4, 0.5) is 15.9 Å². The maximum Gasteiger partial charge on any atom is 0.255 e. The van der Waals surface area contributed by atoms with Gasteiger partial charge in [-0.3, -0.25) is 4.79 Å². The fraction of sp³-hybridized carbons (Fsp3) is 0.100. The predicted octanol–water partition coefficient (Wildman–Crippen LogP) is 4.11. The van der Waals surface area contributed by atoms with Crippen molar-refractivity contribution in [3.05, 3.63) is 89.9 Å². The van der Waals surface area contributed by atoms with Crippen LogP contribution in [0.2, 0.25) is 0 Å². The maximum atomic E-state index is 12.9. The lowest BCUT2D eigenvalue weighted by Crippen LogP contribution is -2.18. The summed E-state index contributed by atoms with van der Waals surface area (Å²) in [6.07, 6.45) is 1.61. The number of aromatic nitrogens is 1. The van der Waals surface area contributed by atoms with E-state index in [1.807, 2.05) is 36.2 Å². The smallest absolute Gasteiger partial charge is 0.255 e. The number of anilines is 2. The number of hydrogen-bond donors (Lipinski definition) is 1. The van der Waals surface area contributed by atoms with Gasteiger partial charge in [0.1, 0.15) is 11.6 Å². The van der Waals surface area contributed by atoms with Gasteiger partial charge in [-0.25, -0.2) is 9.37 Å². The van der Waals surface area contributed by atoms with E-state index in [1.54, 1.807) is 12.3 Å². The monoisotopic (exact) mass is 335 g/mol. The Morgan fingerprint density at radius 1 is 1.04 bits per heavy atom. The Labute approximate surface area is 145 Å². The number of nitrogens with one attached hydrogen (secondary N) is 1. The third kappa shape index (κ3) is 4.41. The molecular weight excluding hydrogens is 317 g/mol. The first-order valence-electron chi connectivity index (χ1n) is 7.90. The van der Waals surface area contributed by atoms with Crippen molar-refractivity contribution >= 4 is 17.4 Å². The van der Waals surface area contributed by atoms with Crippen LogP contribution in [0.5, 0.6) is 0 Å². The first-order chi connectivity index (χ1) is 12.1. The van der Waals surface area contributed by atoms with Gasteiger partial charge in [-0.05, 0) is 42.0 Å². The summed E-state index contributed by atoms with van der Waals surface area (Å²) in [6, 6.07) is 19.2. The highest BCUT2D eigenvalue weighted by Gasteiger charge is 2.08. The fourth-order valence-electron chi connectivity index (χ4n) is 2.43. The third-order valence-corrected chi connectivity index (χ3v) is 3.77. The Morgan fingerprint density at radius 2 is 1.76 bits per heavy atom. The summed E-state index contributed by atoms with van der Waals surface area (Å²) >= 11 is 0. The molecular formula is C20H18FN3O. The van der Waals surface area contributed by atoms with Crippen LogP contribution in [-0.2, 0) is 6.54 Å². The Balaban J connectivity index is 1.63. The molecule has 0 saturated carbocycles. The second-order valence-corrected chi connectivity index (χ2v) is 5.71. The summed E-state index contributed by atoms with van der Waals surface area (Å²) in [5, 5.41) is 2.75. The highest BCUT2D eigenvalue weighted by atomic mass is 19.1. The van der Waals surface area contributed by atoms with E-state index in [0.29, 0.717) is 11.3 Å². The molecule has 0 aliphatic heterocycles. The van der Waals surface area contributed by atoms with E-state index in [4.69, 9.17) is 0 Å². The minimum absolute atomic E-state index is 0.299. The molecule has 1 amide bonds. The minimum Gasteiger partial charge on any atom is -0.355 e. The number of pyridine rings is 1. The van der Waals surface area contributed by atoms with Crippen LogP contribution in [-0.4, -0.2) is 17.9 Å². The molecule has 0 spiro atoms. The Morgan fingerprint density at radius 3 is 2.40 bits per heavy atom. The van der Waals surface area contributed by atoms with E-state index in [2.05, 4.69) is 22.4 Å². The fourth-order valence-corrected chi connectivity index (χ4v) is 2.43. The number of nitrogens with zero attached hydrogens (tertiary/aromatic N) is 2. The molecule has 0 bridgehead atoms. The van der Waals surface area contributed by atoms with E-state index in [9.17, 15) is 9.18 Å². The molecule has 2 aromatic carbocycles. The zero-order valence-electron chi connectivity index (χ0n) is 13.8. The molecule has 1 heterocycles. The number of rotatable bonds is 5. The van der Waals surface area contributed by atoms with Gasteiger partial charge in [-0.15, -0.1) is 0 Å². The van der Waals surface area contributed by atoms with Gasteiger partial charge < -0.3 is 10.2 Å². The first kappa shape index (κ1) is 16.6. The molecule has 1 N–H and O–H groups in total. The van der Waals surface area contributed by atoms with Crippen molar-refractivity contribution in [3.63, 3.8) is 0 Å². The van der Waals surface area contributed by atoms with Gasteiger partial charge in [0.05, 0.1) is 11.9 Å². The molecule has 0 unspecified atom stereocenters. The van der Waals surface area contributed by atoms with Crippen molar-refractivity contribution in [1.29, 1.82) is 0 Å². The van der Waals surface area contributed by atoms with Gasteiger partial charge in [0.25, 0.3) is 5.91 Å². The molecule has 3 aromatic rings. The van der Waals surface area contributed by atoms with E-state index < -0.39 is 0 Å². The molecule has 0 aliphatic rings. The summed E-state index contributed by atoms with van der Waals surface area (Å²) in [5.41, 5.74) is 2.18. The van der Waals surface area contributed by atoms with Crippen molar-refractivity contribution < 1.29 is 9.18 Å². The van der Waals surface area contributed by atoms with Crippen molar-refractivity contribution in [2.24, 2.45) is 0 Å². The SMILES string of the molecule is CN(Cc1ccccc1)c1ccc(NC(=O)c2ccc(F)cc2)cn1. The van der Waals surface area contributed by atoms with E-state index in [0.717, 1.165) is 12.4 Å². The van der Waals surface area contributed by atoms with Crippen LogP contribution < -0.4 is 10.2 Å². The average Bonchev–Trinajstić information content (AvgIpc) is 2.63. The molecule has 0 fully saturated rings. The molecule has 4 nitrogen and oxygen atoms in total. The highest BCUT2D eigenvalue weighted by molar-refractivity contribution is 6.04. The van der Waals surface area contributed by atoms with Crippen LogP contribution in [0, 0.1) is 5.82 Å². The molecule has 0 aliphatic carbocycles. The summed E-state index contributed by atoms with van der Waals surface area (Å²) in [4.78, 5) is 18.5. The third-order valence-electron chi connectivity index (χ3n) is 3.77. The highest BCUT2D eigenvalue weighted by Crippen LogP contribution is 2.16. The second-order valence-electron chi connectivity index (χ2n) is 5.71. The zero-order valence-corrected chi connectivity index (χ0v) is 13.8. The van der Waals surface area contributed by atoms with Crippen LogP contribution in [0.15, 0.2) is 72.9 Å². The molecule has 1 aromatic heterocycles. The molecule has 0 saturated heterocycles. The predicted molar refractivity (Wildman–Crippen MR) is 97.1 cm³/mol. The van der Waals surface area contributed by atoms with E-state index in [1.165, 1.54) is 29.8 Å². The topological polar surface area (TPSA) is 45.2 Å². The van der Waals surface area contributed by atoms with Gasteiger partial charge in [-0.2, -0.15) is 0 Å². The van der Waals surface area contributed by atoms with Gasteiger partial charge in [-0.1, -0.05) is 30.3 Å². The molecule has 0 radical (unpaired) electrons. The quantitative estimate of drug-likeness (QED) is 0.763. The van der Waals surface area contributed by atoms with Crippen molar-refractivity contribution in [2.45, 2.75) is 6.54 Å². The van der Waals surface area contributed by atoms with Gasteiger partial charge >= 0.3 is 0 Å². The zero-order chi connectivity index (χ0) is 17.6. The number of carbonyl (C=O) groups excluding carboxylic acids is 1. The van der Waals surface area contributed by atoms with Crippen molar-refractivity contribution in [3.8, 4) is 0 Å². The Hall–Kier alpha value is -3.21. The first-order valence-corrected chi connectivity index (χ1v) is 7.90. The molecule has 126 valence electrons. The lowest BCUT2D eigenvalue weighted by Gasteiger charge is -2.18. The van der Waals surface area contributed by atoms with Crippen molar-refractivity contribution in [2.75, 3.05) is 17.3 Å². The number of benzene rings is 2. The van der Waals surface area contributed by atoms with Crippen molar-refractivity contribution in [1.82, 2.24) is 4.98 Å². The Kier molecular flexibility index (Phi) is 5.04. The van der Waals surface area contributed by atoms with E-state index >= 15 is 0 Å². The van der Waals surface area contributed by atoms with Gasteiger partial charge in [0.2, 0.25) is 0 Å². The lowest BCUT2D eigenvalue weighted by atomic mass is 10.2. The van der Waals surface area contributed by atoms with Gasteiger partial charge in [0.15, 0.2) is 0 Å². The lowest BCUT2D eigenvalue weighted by molar-refractivity contribution is 0.102. The van der Waals surface area contributed by atoms with E-state index in [-0.39, 0.29) is 11.7 Å². The summed E-state index contributed by atoms with van der Waals surface area (Å²) in [5.74, 6) is 0.139. The summed E-state index contributed by atoms with van der Waals surface area (Å²) in [7, 11) is 1.96. The molecule has 5 heteroatoms. The minimum atomic E-state index is -0.371. The molecule has 25 heavy (non-hydrogen) atoms. The summed E-state index contributed by atoms with van der Waals surface area (Å²) in [6.45, 7) is 0.745. The second kappa shape index (κ2) is 7.57. The number of amides is 1. The standard InChI is InChI=1S/C20H18FN3O/c1-24(14-15-5-3-2-4-6-15)19-12-11-18(13-22-19)23-20(25)16-7-9-17(21)10-8-16/h2-13H,14H2,1H3,(H,23,25). The number of carbonyl (C=O) groups is 1. The molecule has 3 rings (SSSR count). The molecule has 0 atom stereocenters. The van der Waals surface area contributed by atoms with Crippen LogP contribution in [0.1, 0.15) is 15.9 Å². The number of halogens is 1. The van der Waals surface area contributed by atoms with Crippen LogP contribution in [0.3, 0.4) is 0 Å². The average molecular weight is 335 g/mol. The maximum absolute atomic E-state index is 12.9. The number of hydrogen-bond acceptors (Lipinski definition) is 3. The van der Waals surface area contributed by atoms with Gasteiger partial charge in [0, 0.05) is 19.2 Å². The normalized spacial score (nSPS) is 10.3. The van der Waals surface area contributed by atoms with Crippen LogP contribution >= 0.6 is 0 Å². The largest absolute Gasteiger partial charge is 0.355 e. The van der Waals surface area contributed by atoms with Crippen LogP contribution in [0.25, 0.3) is 0 Å².